The van der Waals surface area contributed by atoms with Gasteiger partial charge in [-0.15, -0.1) is 0 Å². The predicted octanol–water partition coefficient (Wildman–Crippen LogP) is 2.84. The minimum absolute atomic E-state index is 0.0164. The van der Waals surface area contributed by atoms with Gasteiger partial charge in [0.1, 0.15) is 17.5 Å². The normalized spacial score (nSPS) is 19.8. The van der Waals surface area contributed by atoms with Gasteiger partial charge in [0.15, 0.2) is 11.8 Å². The van der Waals surface area contributed by atoms with Crippen LogP contribution >= 0.6 is 0 Å². The van der Waals surface area contributed by atoms with Crippen molar-refractivity contribution >= 4 is 11.6 Å². The fourth-order valence-electron chi connectivity index (χ4n) is 4.76. The molecule has 2 N–H and O–H groups in total. The monoisotopic (exact) mass is 399 g/mol. The van der Waals surface area contributed by atoms with Crippen molar-refractivity contribution in [3.63, 3.8) is 0 Å². The minimum Gasteiger partial charge on any atom is -0.497 e. The average Bonchev–Trinajstić information content (AvgIpc) is 3.30. The van der Waals surface area contributed by atoms with Crippen LogP contribution in [-0.2, 0) is 0 Å². The van der Waals surface area contributed by atoms with Crippen LogP contribution < -0.4 is 14.4 Å². The number of benzene rings is 1. The fraction of sp³-hybridized carbons (Fsp3) is 0.478. The summed E-state index contributed by atoms with van der Waals surface area (Å²) in [4.78, 5) is 29.7. The lowest BCUT2D eigenvalue weighted by Crippen LogP contribution is -3.14. The second-order valence-electron chi connectivity index (χ2n) is 7.89. The van der Waals surface area contributed by atoms with E-state index in [9.17, 15) is 9.59 Å². The zero-order valence-corrected chi connectivity index (χ0v) is 18.1. The first-order valence-electron chi connectivity index (χ1n) is 10.1. The van der Waals surface area contributed by atoms with E-state index < -0.39 is 0 Å². The van der Waals surface area contributed by atoms with Crippen molar-refractivity contribution in [2.75, 3.05) is 20.8 Å². The van der Waals surface area contributed by atoms with Crippen molar-refractivity contribution in [3.05, 3.63) is 46.3 Å². The van der Waals surface area contributed by atoms with Crippen molar-refractivity contribution in [1.29, 1.82) is 0 Å². The van der Waals surface area contributed by atoms with Gasteiger partial charge in [-0.25, -0.2) is 0 Å². The number of methoxy groups -OCH3 is 2. The lowest BCUT2D eigenvalue weighted by Gasteiger charge is -2.28. The highest BCUT2D eigenvalue weighted by molar-refractivity contribution is 6.04. The number of hydrogen-bond acceptors (Lipinski definition) is 4. The third-order valence-corrected chi connectivity index (χ3v) is 6.21. The Balaban J connectivity index is 1.91. The number of carbonyl (C=O) groups is 2. The number of rotatable bonds is 7. The van der Waals surface area contributed by atoms with Crippen LogP contribution in [0.15, 0.2) is 18.2 Å². The first-order chi connectivity index (χ1) is 13.8. The van der Waals surface area contributed by atoms with Gasteiger partial charge in [0.25, 0.3) is 0 Å². The fourth-order valence-corrected chi connectivity index (χ4v) is 4.76. The molecule has 29 heavy (non-hydrogen) atoms. The number of aromatic nitrogens is 1. The summed E-state index contributed by atoms with van der Waals surface area (Å²) in [5.41, 5.74) is 3.80. The van der Waals surface area contributed by atoms with Gasteiger partial charge in [0, 0.05) is 30.2 Å². The van der Waals surface area contributed by atoms with Gasteiger partial charge in [-0.2, -0.15) is 0 Å². The van der Waals surface area contributed by atoms with Gasteiger partial charge in [-0.05, 0) is 45.4 Å². The molecule has 2 aromatic rings. The molecule has 1 fully saturated rings. The molecule has 1 unspecified atom stereocenters. The Morgan fingerprint density at radius 2 is 1.93 bits per heavy atom. The number of nitrogens with one attached hydrogen (secondary N) is 2. The minimum atomic E-state index is -0.231. The number of quaternary nitrogens is 1. The molecule has 1 aromatic heterocycles. The molecular formula is C23H31N2O4+. The molecule has 0 radical (unpaired) electrons. The van der Waals surface area contributed by atoms with Gasteiger partial charge in [-0.3, -0.25) is 9.59 Å². The maximum Gasteiger partial charge on any atom is 0.236 e. The van der Waals surface area contributed by atoms with Gasteiger partial charge in [0.05, 0.1) is 32.0 Å². The van der Waals surface area contributed by atoms with E-state index in [0.717, 1.165) is 47.7 Å². The third-order valence-electron chi connectivity index (χ3n) is 6.21. The molecule has 1 aliphatic heterocycles. The number of ketones is 2. The van der Waals surface area contributed by atoms with Crippen molar-refractivity contribution < 1.29 is 24.0 Å². The maximum atomic E-state index is 13.4. The van der Waals surface area contributed by atoms with Crippen LogP contribution in [0.2, 0.25) is 0 Å². The SMILES string of the molecule is COc1ccc([C@H]2CCC[NH+]2[C@@H](C)C(=O)c2[nH]c(C)c(C(C)=O)c2C)c(OC)c1. The number of hydrogen-bond donors (Lipinski definition) is 2. The predicted molar refractivity (Wildman–Crippen MR) is 111 cm³/mol. The summed E-state index contributed by atoms with van der Waals surface area (Å²) >= 11 is 0. The van der Waals surface area contributed by atoms with E-state index in [1.807, 2.05) is 39.0 Å². The molecule has 3 atom stereocenters. The summed E-state index contributed by atoms with van der Waals surface area (Å²) in [5, 5.41) is 0. The maximum absolute atomic E-state index is 13.4. The van der Waals surface area contributed by atoms with Crippen LogP contribution in [0.25, 0.3) is 0 Å². The van der Waals surface area contributed by atoms with Crippen LogP contribution in [0.3, 0.4) is 0 Å². The molecule has 0 saturated carbocycles. The average molecular weight is 400 g/mol. The highest BCUT2D eigenvalue weighted by Gasteiger charge is 2.39. The van der Waals surface area contributed by atoms with Crippen molar-refractivity contribution in [1.82, 2.24) is 4.98 Å². The van der Waals surface area contributed by atoms with Gasteiger partial charge < -0.3 is 19.4 Å². The van der Waals surface area contributed by atoms with Crippen LogP contribution in [0.5, 0.6) is 11.5 Å². The second-order valence-corrected chi connectivity index (χ2v) is 7.89. The lowest BCUT2D eigenvalue weighted by atomic mass is 9.99. The summed E-state index contributed by atoms with van der Waals surface area (Å²) in [6, 6.07) is 5.83. The molecule has 1 aliphatic rings. The van der Waals surface area contributed by atoms with Crippen LogP contribution in [0, 0.1) is 13.8 Å². The zero-order chi connectivity index (χ0) is 21.3. The second kappa shape index (κ2) is 8.41. The van der Waals surface area contributed by atoms with Crippen molar-refractivity contribution in [2.45, 2.75) is 52.6 Å². The van der Waals surface area contributed by atoms with E-state index in [0.29, 0.717) is 11.3 Å². The van der Waals surface area contributed by atoms with Gasteiger partial charge >= 0.3 is 0 Å². The molecule has 6 heteroatoms. The van der Waals surface area contributed by atoms with Crippen LogP contribution in [0.1, 0.15) is 70.4 Å². The molecule has 156 valence electrons. The number of aryl methyl sites for hydroxylation is 1. The van der Waals surface area contributed by atoms with Crippen LogP contribution in [0.4, 0.5) is 0 Å². The van der Waals surface area contributed by atoms with E-state index in [4.69, 9.17) is 9.47 Å². The number of carbonyl (C=O) groups excluding carboxylic acids is 2. The quantitative estimate of drug-likeness (QED) is 0.703. The molecule has 1 aromatic carbocycles. The summed E-state index contributed by atoms with van der Waals surface area (Å²) in [6.07, 6.45) is 2.05. The first kappa shape index (κ1) is 21.1. The standard InChI is InChI=1S/C23H30N2O4/c1-13-21(16(4)26)14(2)24-22(13)23(27)15(3)25-11-7-8-19(25)18-10-9-17(28-5)12-20(18)29-6/h9-10,12,15,19,24H,7-8,11H2,1-6H3/p+1/t15-,19+/m0/s1. The highest BCUT2D eigenvalue weighted by atomic mass is 16.5. The summed E-state index contributed by atoms with van der Waals surface area (Å²) < 4.78 is 10.9. The third kappa shape index (κ3) is 3.81. The molecule has 0 amide bonds. The van der Waals surface area contributed by atoms with Gasteiger partial charge in [0.2, 0.25) is 5.78 Å². The van der Waals surface area contributed by atoms with Crippen LogP contribution in [-0.4, -0.2) is 43.4 Å². The molecule has 3 rings (SSSR count). The molecule has 2 heterocycles. The Hall–Kier alpha value is -2.60. The smallest absolute Gasteiger partial charge is 0.236 e. The molecular weight excluding hydrogens is 368 g/mol. The molecule has 0 spiro atoms. The molecule has 1 saturated heterocycles. The molecule has 0 aliphatic carbocycles. The topological polar surface area (TPSA) is 72.8 Å². The Bertz CT molecular complexity index is 931. The van der Waals surface area contributed by atoms with E-state index in [-0.39, 0.29) is 23.7 Å². The molecule has 0 bridgehead atoms. The Kier molecular flexibility index (Phi) is 6.13. The van der Waals surface area contributed by atoms with E-state index >= 15 is 0 Å². The Labute approximate surface area is 172 Å². The zero-order valence-electron chi connectivity index (χ0n) is 18.1. The number of Topliss-reactive ketones (excluding diaryl/α,β-unsaturated/α-hetero) is 2. The summed E-state index contributed by atoms with van der Waals surface area (Å²) in [6.45, 7) is 8.14. The van der Waals surface area contributed by atoms with E-state index in [1.54, 1.807) is 21.1 Å². The number of H-pyrrole nitrogens is 1. The van der Waals surface area contributed by atoms with Crippen molar-refractivity contribution in [3.8, 4) is 11.5 Å². The number of aromatic amines is 1. The first-order valence-corrected chi connectivity index (χ1v) is 10.1. The molecule has 6 nitrogen and oxygen atoms in total. The van der Waals surface area contributed by atoms with Crippen molar-refractivity contribution in [2.24, 2.45) is 0 Å². The highest BCUT2D eigenvalue weighted by Crippen LogP contribution is 2.32. The van der Waals surface area contributed by atoms with E-state index in [2.05, 4.69) is 4.98 Å². The Morgan fingerprint density at radius 1 is 1.21 bits per heavy atom. The Morgan fingerprint density at radius 3 is 2.52 bits per heavy atom. The summed E-state index contributed by atoms with van der Waals surface area (Å²) in [7, 11) is 3.30. The lowest BCUT2D eigenvalue weighted by molar-refractivity contribution is -0.931. The largest absolute Gasteiger partial charge is 0.497 e. The number of likely N-dealkylation sites (tertiary alicyclic amines) is 1. The number of ether oxygens (including phenoxy) is 2. The summed E-state index contributed by atoms with van der Waals surface area (Å²) in [5.74, 6) is 1.58. The van der Waals surface area contributed by atoms with Gasteiger partial charge in [-0.1, -0.05) is 0 Å². The van der Waals surface area contributed by atoms with E-state index in [1.165, 1.54) is 4.90 Å².